The molecule has 1 aliphatic rings. The highest BCUT2D eigenvalue weighted by Gasteiger charge is 2.39. The van der Waals surface area contributed by atoms with Crippen LogP contribution in [0.4, 0.5) is 0 Å². The van der Waals surface area contributed by atoms with Gasteiger partial charge in [-0.3, -0.25) is 14.3 Å². The minimum atomic E-state index is -0.643. The fourth-order valence-corrected chi connectivity index (χ4v) is 4.25. The number of nitrogens with zero attached hydrogens (tertiary/aromatic N) is 3. The van der Waals surface area contributed by atoms with Crippen molar-refractivity contribution in [1.82, 2.24) is 14.7 Å². The molecule has 4 rings (SSSR count). The lowest BCUT2D eigenvalue weighted by Gasteiger charge is -2.39. The molecule has 0 radical (unpaired) electrons. The number of hydrogen-bond acceptors (Lipinski definition) is 4. The van der Waals surface area contributed by atoms with Crippen LogP contribution in [0.25, 0.3) is 0 Å². The Labute approximate surface area is 175 Å². The zero-order valence-corrected chi connectivity index (χ0v) is 17.1. The van der Waals surface area contributed by atoms with Crippen LogP contribution in [-0.2, 0) is 0 Å². The quantitative estimate of drug-likeness (QED) is 0.708. The molecule has 1 amide bonds. The van der Waals surface area contributed by atoms with E-state index in [1.807, 2.05) is 50.2 Å². The van der Waals surface area contributed by atoms with E-state index in [4.69, 9.17) is 0 Å². The Balaban J connectivity index is 1.92. The molecule has 0 saturated carbocycles. The van der Waals surface area contributed by atoms with Crippen molar-refractivity contribution in [2.24, 2.45) is 5.92 Å². The van der Waals surface area contributed by atoms with Gasteiger partial charge in [-0.25, -0.2) is 0 Å². The summed E-state index contributed by atoms with van der Waals surface area (Å²) in [6.45, 7) is 5.06. The molecular formula is C24H25N3O3. The highest BCUT2D eigenvalue weighted by molar-refractivity contribution is 5.95. The van der Waals surface area contributed by atoms with Crippen molar-refractivity contribution in [2.45, 2.75) is 25.8 Å². The lowest BCUT2D eigenvalue weighted by Crippen LogP contribution is -2.48. The summed E-state index contributed by atoms with van der Waals surface area (Å²) in [4.78, 5) is 26.9. The van der Waals surface area contributed by atoms with E-state index in [1.54, 1.807) is 9.58 Å². The van der Waals surface area contributed by atoms with E-state index in [0.29, 0.717) is 13.1 Å². The molecule has 3 aromatic rings. The van der Waals surface area contributed by atoms with Crippen molar-refractivity contribution in [3.8, 4) is 5.75 Å². The summed E-state index contributed by atoms with van der Waals surface area (Å²) in [6.07, 6.45) is 1.09. The smallest absolute Gasteiger partial charge is 0.276 e. The van der Waals surface area contributed by atoms with Crippen molar-refractivity contribution in [1.29, 1.82) is 0 Å². The first-order valence-electron chi connectivity index (χ1n) is 10.2. The number of aromatic hydroxyl groups is 1. The van der Waals surface area contributed by atoms with Gasteiger partial charge in [0, 0.05) is 19.0 Å². The summed E-state index contributed by atoms with van der Waals surface area (Å²) in [7, 11) is 0. The first-order valence-corrected chi connectivity index (χ1v) is 10.2. The summed E-state index contributed by atoms with van der Waals surface area (Å²) in [6, 6.07) is 19.9. The first-order chi connectivity index (χ1) is 14.5. The number of rotatable bonds is 5. The topological polar surface area (TPSA) is 75.4 Å². The molecule has 6 nitrogen and oxygen atoms in total. The molecule has 1 aliphatic heterocycles. The molecule has 154 valence electrons. The molecule has 0 saturated heterocycles. The molecule has 30 heavy (non-hydrogen) atoms. The molecule has 0 unspecified atom stereocenters. The van der Waals surface area contributed by atoms with E-state index >= 15 is 0 Å². The molecule has 2 heterocycles. The van der Waals surface area contributed by atoms with E-state index in [0.717, 1.165) is 17.3 Å². The van der Waals surface area contributed by atoms with E-state index in [2.05, 4.69) is 29.4 Å². The lowest BCUT2D eigenvalue weighted by atomic mass is 9.83. The van der Waals surface area contributed by atoms with Crippen LogP contribution in [0.5, 0.6) is 5.75 Å². The standard InChI is InChI=1S/C24H25N3O3/c1-16(2)14-26-15-19(27-22(24(26)30)23(29)20(28)13-25-27)21(17-9-5-3-6-10-17)18-11-7-4-8-12-18/h3-13,16,19,21,29H,14-15H2,1-2H3/t19-/m1/s1. The average molecular weight is 403 g/mol. The largest absolute Gasteiger partial charge is 0.502 e. The number of aromatic nitrogens is 2. The minimum absolute atomic E-state index is 0.0312. The first kappa shape index (κ1) is 19.9. The van der Waals surface area contributed by atoms with Crippen LogP contribution in [0.3, 0.4) is 0 Å². The third kappa shape index (κ3) is 3.61. The van der Waals surface area contributed by atoms with Gasteiger partial charge in [-0.2, -0.15) is 5.10 Å². The molecule has 1 aromatic heterocycles. The Morgan fingerprint density at radius 2 is 1.57 bits per heavy atom. The monoisotopic (exact) mass is 403 g/mol. The van der Waals surface area contributed by atoms with E-state index in [9.17, 15) is 14.7 Å². The van der Waals surface area contributed by atoms with Gasteiger partial charge in [-0.15, -0.1) is 0 Å². The van der Waals surface area contributed by atoms with Crippen molar-refractivity contribution < 1.29 is 9.90 Å². The van der Waals surface area contributed by atoms with E-state index in [1.165, 1.54) is 0 Å². The summed E-state index contributed by atoms with van der Waals surface area (Å²) in [5.74, 6) is -0.752. The predicted molar refractivity (Wildman–Crippen MR) is 115 cm³/mol. The molecule has 1 atom stereocenters. The maximum Gasteiger partial charge on any atom is 0.276 e. The molecule has 0 spiro atoms. The number of fused-ring (bicyclic) bond motifs is 1. The van der Waals surface area contributed by atoms with Gasteiger partial charge in [-0.1, -0.05) is 74.5 Å². The van der Waals surface area contributed by atoms with Crippen LogP contribution in [0.15, 0.2) is 71.7 Å². The molecule has 6 heteroatoms. The van der Waals surface area contributed by atoms with Gasteiger partial charge in [0.2, 0.25) is 5.43 Å². The van der Waals surface area contributed by atoms with Crippen molar-refractivity contribution in [3.63, 3.8) is 0 Å². The Morgan fingerprint density at radius 3 is 2.10 bits per heavy atom. The van der Waals surface area contributed by atoms with Crippen LogP contribution >= 0.6 is 0 Å². The van der Waals surface area contributed by atoms with Crippen LogP contribution in [0.2, 0.25) is 0 Å². The number of carbonyl (C=O) groups is 1. The summed E-state index contributed by atoms with van der Waals surface area (Å²) >= 11 is 0. The third-order valence-electron chi connectivity index (χ3n) is 5.49. The van der Waals surface area contributed by atoms with E-state index < -0.39 is 11.2 Å². The maximum atomic E-state index is 13.1. The Morgan fingerprint density at radius 1 is 1.00 bits per heavy atom. The highest BCUT2D eigenvalue weighted by Crippen LogP contribution is 2.39. The second kappa shape index (κ2) is 8.14. The number of benzene rings is 2. The summed E-state index contributed by atoms with van der Waals surface area (Å²) in [5, 5.41) is 14.8. The number of carbonyl (C=O) groups excluding carboxylic acids is 1. The van der Waals surface area contributed by atoms with Crippen LogP contribution in [0.1, 0.15) is 47.4 Å². The fraction of sp³-hybridized carbons (Fsp3) is 0.292. The van der Waals surface area contributed by atoms with Crippen molar-refractivity contribution >= 4 is 5.91 Å². The van der Waals surface area contributed by atoms with Crippen molar-refractivity contribution in [2.75, 3.05) is 13.1 Å². The fourth-order valence-electron chi connectivity index (χ4n) is 4.25. The van der Waals surface area contributed by atoms with Gasteiger partial charge >= 0.3 is 0 Å². The lowest BCUT2D eigenvalue weighted by molar-refractivity contribution is 0.0610. The van der Waals surface area contributed by atoms with Gasteiger partial charge in [0.05, 0.1) is 12.2 Å². The molecule has 0 aliphatic carbocycles. The number of amides is 1. The molecule has 1 N–H and O–H groups in total. The number of hydrogen-bond donors (Lipinski definition) is 1. The average Bonchev–Trinajstić information content (AvgIpc) is 2.75. The third-order valence-corrected chi connectivity index (χ3v) is 5.49. The minimum Gasteiger partial charge on any atom is -0.502 e. The maximum absolute atomic E-state index is 13.1. The second-order valence-corrected chi connectivity index (χ2v) is 8.12. The zero-order chi connectivity index (χ0) is 21.3. The van der Waals surface area contributed by atoms with Gasteiger partial charge in [0.1, 0.15) is 0 Å². The van der Waals surface area contributed by atoms with E-state index in [-0.39, 0.29) is 29.5 Å². The van der Waals surface area contributed by atoms with Gasteiger partial charge in [-0.05, 0) is 17.0 Å². The highest BCUT2D eigenvalue weighted by atomic mass is 16.3. The van der Waals surface area contributed by atoms with Crippen LogP contribution in [-0.4, -0.2) is 38.8 Å². The summed E-state index contributed by atoms with van der Waals surface area (Å²) in [5.41, 5.74) is 1.49. The molecule has 2 aromatic carbocycles. The zero-order valence-electron chi connectivity index (χ0n) is 17.1. The van der Waals surface area contributed by atoms with Gasteiger partial charge in [0.25, 0.3) is 5.91 Å². The Kier molecular flexibility index (Phi) is 5.40. The summed E-state index contributed by atoms with van der Waals surface area (Å²) < 4.78 is 1.54. The predicted octanol–water partition coefficient (Wildman–Crippen LogP) is 3.43. The Hall–Kier alpha value is -3.41. The van der Waals surface area contributed by atoms with Gasteiger partial charge < -0.3 is 10.0 Å². The van der Waals surface area contributed by atoms with Gasteiger partial charge in [0.15, 0.2) is 11.4 Å². The van der Waals surface area contributed by atoms with Crippen LogP contribution < -0.4 is 5.43 Å². The Bertz CT molecular complexity index is 1050. The molecule has 0 bridgehead atoms. The second-order valence-electron chi connectivity index (χ2n) is 8.12. The van der Waals surface area contributed by atoms with Crippen LogP contribution in [0, 0.1) is 5.92 Å². The SMILES string of the molecule is CC(C)CN1C[C@H](C(c2ccccc2)c2ccccc2)n2ncc(=O)c(O)c2C1=O. The van der Waals surface area contributed by atoms with Crippen molar-refractivity contribution in [3.05, 3.63) is 93.9 Å². The molecule has 0 fully saturated rings. The molecular weight excluding hydrogens is 378 g/mol. The normalized spacial score (nSPS) is 16.2.